The van der Waals surface area contributed by atoms with Crippen molar-refractivity contribution in [1.29, 1.82) is 0 Å². The summed E-state index contributed by atoms with van der Waals surface area (Å²) in [5.41, 5.74) is 0.780. The summed E-state index contributed by atoms with van der Waals surface area (Å²) in [5, 5.41) is 9.93. The molecule has 2 rings (SSSR count). The van der Waals surface area contributed by atoms with E-state index in [2.05, 4.69) is 13.8 Å². The fourth-order valence-corrected chi connectivity index (χ4v) is 1.83. The Hall–Kier alpha value is -1.81. The van der Waals surface area contributed by atoms with Crippen LogP contribution in [0.25, 0.3) is 11.0 Å². The van der Waals surface area contributed by atoms with Crippen molar-refractivity contribution in [2.45, 2.75) is 33.5 Å². The van der Waals surface area contributed by atoms with Crippen LogP contribution in [0, 0.1) is 5.92 Å². The summed E-state index contributed by atoms with van der Waals surface area (Å²) in [6.07, 6.45) is 0.0508. The maximum Gasteiger partial charge on any atom is 0.340 e. The van der Waals surface area contributed by atoms with E-state index in [1.165, 1.54) is 0 Å². The number of hydrogen-bond acceptors (Lipinski definition) is 3. The maximum atomic E-state index is 11.4. The van der Waals surface area contributed by atoms with E-state index in [1.807, 2.05) is 13.0 Å². The topological polar surface area (TPSA) is 59.7 Å². The number of furan rings is 1. The Bertz CT molecular complexity index is 583. The number of carboxylic acids is 1. The predicted molar refractivity (Wildman–Crippen MR) is 72.3 cm³/mol. The van der Waals surface area contributed by atoms with Gasteiger partial charge in [-0.05, 0) is 18.9 Å². The van der Waals surface area contributed by atoms with Crippen molar-refractivity contribution >= 4 is 16.9 Å². The van der Waals surface area contributed by atoms with Gasteiger partial charge in [0.05, 0.1) is 6.10 Å². The van der Waals surface area contributed by atoms with Gasteiger partial charge in [-0.3, -0.25) is 0 Å². The quantitative estimate of drug-likeness (QED) is 0.892. The van der Waals surface area contributed by atoms with Crippen molar-refractivity contribution in [2.24, 2.45) is 5.92 Å². The molecule has 2 aromatic rings. The SMILES string of the molecule is CC(C)C(C)OCc1oc2ccccc2c1C(=O)O. The van der Waals surface area contributed by atoms with Gasteiger partial charge in [0.15, 0.2) is 0 Å². The minimum Gasteiger partial charge on any atom is -0.478 e. The Labute approximate surface area is 112 Å². The van der Waals surface area contributed by atoms with E-state index in [4.69, 9.17) is 9.15 Å². The molecular formula is C15H18O4. The molecular weight excluding hydrogens is 244 g/mol. The Morgan fingerprint density at radius 1 is 1.32 bits per heavy atom. The van der Waals surface area contributed by atoms with E-state index in [0.717, 1.165) is 0 Å². The van der Waals surface area contributed by atoms with Crippen LogP contribution >= 0.6 is 0 Å². The van der Waals surface area contributed by atoms with Gasteiger partial charge in [-0.15, -0.1) is 0 Å². The number of carbonyl (C=O) groups is 1. The van der Waals surface area contributed by atoms with Crippen molar-refractivity contribution in [1.82, 2.24) is 0 Å². The lowest BCUT2D eigenvalue weighted by Gasteiger charge is -2.15. The van der Waals surface area contributed by atoms with Gasteiger partial charge in [0.25, 0.3) is 0 Å². The van der Waals surface area contributed by atoms with E-state index in [0.29, 0.717) is 22.6 Å². The fourth-order valence-electron chi connectivity index (χ4n) is 1.83. The van der Waals surface area contributed by atoms with Gasteiger partial charge >= 0.3 is 5.97 Å². The highest BCUT2D eigenvalue weighted by atomic mass is 16.5. The normalized spacial score (nSPS) is 13.1. The summed E-state index contributed by atoms with van der Waals surface area (Å²) in [4.78, 5) is 11.4. The first kappa shape index (κ1) is 13.6. The molecule has 0 saturated heterocycles. The van der Waals surface area contributed by atoms with E-state index in [1.54, 1.807) is 18.2 Å². The summed E-state index contributed by atoms with van der Waals surface area (Å²) in [6.45, 7) is 6.26. The first-order valence-corrected chi connectivity index (χ1v) is 6.36. The summed E-state index contributed by atoms with van der Waals surface area (Å²) in [5.74, 6) is -0.236. The van der Waals surface area contributed by atoms with E-state index in [-0.39, 0.29) is 18.3 Å². The van der Waals surface area contributed by atoms with Crippen LogP contribution in [0.4, 0.5) is 0 Å². The summed E-state index contributed by atoms with van der Waals surface area (Å²) >= 11 is 0. The number of fused-ring (bicyclic) bond motifs is 1. The summed E-state index contributed by atoms with van der Waals surface area (Å²) in [6, 6.07) is 7.12. The fraction of sp³-hybridized carbons (Fsp3) is 0.400. The Balaban J connectivity index is 2.32. The van der Waals surface area contributed by atoms with Crippen LogP contribution in [-0.2, 0) is 11.3 Å². The zero-order chi connectivity index (χ0) is 14.0. The molecule has 1 atom stereocenters. The third-order valence-corrected chi connectivity index (χ3v) is 3.30. The van der Waals surface area contributed by atoms with Crippen LogP contribution in [-0.4, -0.2) is 17.2 Å². The molecule has 1 heterocycles. The monoisotopic (exact) mass is 262 g/mol. The molecule has 0 spiro atoms. The van der Waals surface area contributed by atoms with Crippen molar-refractivity contribution in [3.63, 3.8) is 0 Å². The van der Waals surface area contributed by atoms with Crippen molar-refractivity contribution in [3.05, 3.63) is 35.6 Å². The molecule has 0 amide bonds. The van der Waals surface area contributed by atoms with Gasteiger partial charge in [-0.25, -0.2) is 4.79 Å². The Kier molecular flexibility index (Phi) is 3.90. The second-order valence-electron chi connectivity index (χ2n) is 4.96. The van der Waals surface area contributed by atoms with Crippen molar-refractivity contribution < 1.29 is 19.1 Å². The molecule has 0 radical (unpaired) electrons. The molecule has 0 aliphatic rings. The Morgan fingerprint density at radius 3 is 2.63 bits per heavy atom. The van der Waals surface area contributed by atoms with Crippen LogP contribution in [0.5, 0.6) is 0 Å². The minimum atomic E-state index is -0.985. The molecule has 0 aliphatic carbocycles. The van der Waals surface area contributed by atoms with Crippen LogP contribution < -0.4 is 0 Å². The van der Waals surface area contributed by atoms with Gasteiger partial charge in [-0.2, -0.15) is 0 Å². The first-order chi connectivity index (χ1) is 9.00. The number of benzene rings is 1. The number of para-hydroxylation sites is 1. The predicted octanol–water partition coefficient (Wildman–Crippen LogP) is 3.69. The highest BCUT2D eigenvalue weighted by Crippen LogP contribution is 2.27. The van der Waals surface area contributed by atoms with E-state index >= 15 is 0 Å². The van der Waals surface area contributed by atoms with Crippen molar-refractivity contribution in [2.75, 3.05) is 0 Å². The summed E-state index contributed by atoms with van der Waals surface area (Å²) < 4.78 is 11.2. The second-order valence-corrected chi connectivity index (χ2v) is 4.96. The molecule has 4 heteroatoms. The number of ether oxygens (including phenoxy) is 1. The largest absolute Gasteiger partial charge is 0.478 e. The maximum absolute atomic E-state index is 11.4. The second kappa shape index (κ2) is 5.45. The molecule has 102 valence electrons. The van der Waals surface area contributed by atoms with E-state index < -0.39 is 5.97 Å². The molecule has 1 aromatic carbocycles. The standard InChI is InChI=1S/C15H18O4/c1-9(2)10(3)18-8-13-14(15(16)17)11-6-4-5-7-12(11)19-13/h4-7,9-10H,8H2,1-3H3,(H,16,17). The number of rotatable bonds is 5. The molecule has 1 aromatic heterocycles. The van der Waals surface area contributed by atoms with E-state index in [9.17, 15) is 9.90 Å². The smallest absolute Gasteiger partial charge is 0.340 e. The lowest BCUT2D eigenvalue weighted by atomic mass is 10.1. The highest BCUT2D eigenvalue weighted by Gasteiger charge is 2.20. The number of hydrogen-bond donors (Lipinski definition) is 1. The molecule has 4 nitrogen and oxygen atoms in total. The van der Waals surface area contributed by atoms with Gasteiger partial charge in [0.1, 0.15) is 23.5 Å². The average molecular weight is 262 g/mol. The van der Waals surface area contributed by atoms with Crippen LogP contribution in [0.3, 0.4) is 0 Å². The average Bonchev–Trinajstić information content (AvgIpc) is 2.73. The molecule has 1 unspecified atom stereocenters. The Morgan fingerprint density at radius 2 is 2.00 bits per heavy atom. The third kappa shape index (κ3) is 2.79. The molecule has 0 bridgehead atoms. The lowest BCUT2D eigenvalue weighted by molar-refractivity contribution is 0.0147. The van der Waals surface area contributed by atoms with Crippen LogP contribution in [0.1, 0.15) is 36.9 Å². The molecule has 19 heavy (non-hydrogen) atoms. The third-order valence-electron chi connectivity index (χ3n) is 3.30. The van der Waals surface area contributed by atoms with Gasteiger partial charge in [0, 0.05) is 5.39 Å². The molecule has 0 aliphatic heterocycles. The van der Waals surface area contributed by atoms with Gasteiger partial charge in [0.2, 0.25) is 0 Å². The molecule has 0 saturated carbocycles. The minimum absolute atomic E-state index is 0.0508. The number of carboxylic acid groups (broad SMARTS) is 1. The molecule has 0 fully saturated rings. The van der Waals surface area contributed by atoms with Crippen LogP contribution in [0.15, 0.2) is 28.7 Å². The zero-order valence-corrected chi connectivity index (χ0v) is 11.3. The zero-order valence-electron chi connectivity index (χ0n) is 11.3. The number of aromatic carboxylic acids is 1. The van der Waals surface area contributed by atoms with Crippen LogP contribution in [0.2, 0.25) is 0 Å². The highest BCUT2D eigenvalue weighted by molar-refractivity contribution is 6.03. The van der Waals surface area contributed by atoms with Gasteiger partial charge < -0.3 is 14.3 Å². The van der Waals surface area contributed by atoms with Gasteiger partial charge in [-0.1, -0.05) is 32.0 Å². The molecule has 1 N–H and O–H groups in total. The summed E-state index contributed by atoms with van der Waals surface area (Å²) in [7, 11) is 0. The first-order valence-electron chi connectivity index (χ1n) is 6.36. The lowest BCUT2D eigenvalue weighted by Crippen LogP contribution is -2.15. The van der Waals surface area contributed by atoms with Crippen molar-refractivity contribution in [3.8, 4) is 0 Å².